The van der Waals surface area contributed by atoms with Gasteiger partial charge < -0.3 is 9.47 Å². The highest BCUT2D eigenvalue weighted by Gasteiger charge is 2.04. The Morgan fingerprint density at radius 1 is 0.686 bits per heavy atom. The molecule has 0 saturated carbocycles. The van der Waals surface area contributed by atoms with E-state index in [1.807, 2.05) is 48.5 Å². The molecule has 0 aromatic heterocycles. The van der Waals surface area contributed by atoms with Crippen LogP contribution in [0.3, 0.4) is 0 Å². The molecular formula is C27H36N4O4. The Morgan fingerprint density at radius 3 is 1.46 bits per heavy atom. The summed E-state index contributed by atoms with van der Waals surface area (Å²) < 4.78 is 11.2. The van der Waals surface area contributed by atoms with Crippen molar-refractivity contribution >= 4 is 24.2 Å². The van der Waals surface area contributed by atoms with Crippen molar-refractivity contribution in [1.82, 2.24) is 10.9 Å². The van der Waals surface area contributed by atoms with Crippen LogP contribution in [-0.4, -0.2) is 37.5 Å². The molecule has 0 heterocycles. The summed E-state index contributed by atoms with van der Waals surface area (Å²) in [6.07, 6.45) is 8.15. The minimum absolute atomic E-state index is 0.193. The van der Waals surface area contributed by atoms with Crippen LogP contribution in [0, 0.1) is 0 Å². The maximum Gasteiger partial charge on any atom is 0.240 e. The molecule has 2 aromatic carbocycles. The molecule has 2 rings (SSSR count). The molecule has 2 amide bonds. The number of unbranched alkanes of at least 4 members (excludes halogenated alkanes) is 2. The molecule has 35 heavy (non-hydrogen) atoms. The van der Waals surface area contributed by atoms with Crippen molar-refractivity contribution in [1.29, 1.82) is 0 Å². The fraction of sp³-hybridized carbons (Fsp3) is 0.407. The maximum atomic E-state index is 11.9. The van der Waals surface area contributed by atoms with Gasteiger partial charge in [-0.05, 0) is 78.9 Å². The highest BCUT2D eigenvalue weighted by Crippen LogP contribution is 2.12. The number of rotatable bonds is 16. The Morgan fingerprint density at radius 2 is 1.09 bits per heavy atom. The highest BCUT2D eigenvalue weighted by molar-refractivity contribution is 5.84. The lowest BCUT2D eigenvalue weighted by Crippen LogP contribution is -2.20. The van der Waals surface area contributed by atoms with E-state index >= 15 is 0 Å². The minimum Gasteiger partial charge on any atom is -0.494 e. The van der Waals surface area contributed by atoms with Crippen LogP contribution in [0.25, 0.3) is 0 Å². The molecule has 2 N–H and O–H groups in total. The van der Waals surface area contributed by atoms with Crippen molar-refractivity contribution < 1.29 is 19.1 Å². The van der Waals surface area contributed by atoms with Gasteiger partial charge in [-0.1, -0.05) is 26.7 Å². The third kappa shape index (κ3) is 12.4. The zero-order valence-electron chi connectivity index (χ0n) is 20.7. The molecule has 0 saturated heterocycles. The summed E-state index contributed by atoms with van der Waals surface area (Å²) in [5.41, 5.74) is 6.65. The SMILES string of the molecule is CCCCOc1ccc(/C=N\NC(=O)CCCC(=O)N/N=C\c2ccc(OCCCC)cc2)cc1. The van der Waals surface area contributed by atoms with E-state index < -0.39 is 0 Å². The van der Waals surface area contributed by atoms with E-state index in [0.717, 1.165) is 48.3 Å². The van der Waals surface area contributed by atoms with Gasteiger partial charge in [-0.3, -0.25) is 9.59 Å². The van der Waals surface area contributed by atoms with E-state index in [0.29, 0.717) is 19.6 Å². The van der Waals surface area contributed by atoms with E-state index in [2.05, 4.69) is 34.9 Å². The average Bonchev–Trinajstić information content (AvgIpc) is 2.86. The Kier molecular flexibility index (Phi) is 13.3. The summed E-state index contributed by atoms with van der Waals surface area (Å²) in [5.74, 6) is 1.12. The third-order valence-corrected chi connectivity index (χ3v) is 4.91. The summed E-state index contributed by atoms with van der Waals surface area (Å²) in [7, 11) is 0. The van der Waals surface area contributed by atoms with Gasteiger partial charge in [-0.2, -0.15) is 10.2 Å². The van der Waals surface area contributed by atoms with E-state index in [1.165, 1.54) is 0 Å². The first-order chi connectivity index (χ1) is 17.1. The average molecular weight is 481 g/mol. The van der Waals surface area contributed by atoms with Crippen LogP contribution >= 0.6 is 0 Å². The fourth-order valence-electron chi connectivity index (χ4n) is 2.85. The lowest BCUT2D eigenvalue weighted by atomic mass is 10.2. The van der Waals surface area contributed by atoms with Gasteiger partial charge in [0.1, 0.15) is 11.5 Å². The summed E-state index contributed by atoms with van der Waals surface area (Å²) >= 11 is 0. The zero-order valence-corrected chi connectivity index (χ0v) is 20.7. The molecular weight excluding hydrogens is 444 g/mol. The Balaban J connectivity index is 1.59. The Hall–Kier alpha value is -3.68. The van der Waals surface area contributed by atoms with E-state index in [-0.39, 0.29) is 24.7 Å². The van der Waals surface area contributed by atoms with Gasteiger partial charge >= 0.3 is 0 Å². The number of nitrogens with zero attached hydrogens (tertiary/aromatic N) is 2. The molecule has 0 aliphatic carbocycles. The van der Waals surface area contributed by atoms with Gasteiger partial charge in [-0.25, -0.2) is 10.9 Å². The lowest BCUT2D eigenvalue weighted by Gasteiger charge is -2.05. The van der Waals surface area contributed by atoms with Crippen LogP contribution in [0.1, 0.15) is 69.9 Å². The number of amides is 2. The molecule has 0 atom stereocenters. The van der Waals surface area contributed by atoms with E-state index in [9.17, 15) is 9.59 Å². The molecule has 0 unspecified atom stereocenters. The van der Waals surface area contributed by atoms with Crippen molar-refractivity contribution in [2.45, 2.75) is 58.8 Å². The number of hydrazone groups is 2. The zero-order chi connectivity index (χ0) is 25.1. The van der Waals surface area contributed by atoms with Crippen LogP contribution in [0.4, 0.5) is 0 Å². The second-order valence-electron chi connectivity index (χ2n) is 7.98. The van der Waals surface area contributed by atoms with Gasteiger partial charge in [0.2, 0.25) is 11.8 Å². The number of ether oxygens (including phenoxy) is 2. The minimum atomic E-state index is -0.252. The van der Waals surface area contributed by atoms with Gasteiger partial charge in [0.15, 0.2) is 0 Å². The topological polar surface area (TPSA) is 101 Å². The predicted molar refractivity (Wildman–Crippen MR) is 139 cm³/mol. The summed E-state index contributed by atoms with van der Waals surface area (Å²) in [6.45, 7) is 5.64. The van der Waals surface area contributed by atoms with Gasteiger partial charge in [0.05, 0.1) is 25.6 Å². The normalized spacial score (nSPS) is 11.0. The van der Waals surface area contributed by atoms with Crippen LogP contribution < -0.4 is 20.3 Å². The molecule has 188 valence electrons. The van der Waals surface area contributed by atoms with Crippen molar-refractivity contribution in [2.24, 2.45) is 10.2 Å². The second kappa shape index (κ2) is 16.9. The molecule has 0 fully saturated rings. The van der Waals surface area contributed by atoms with E-state index in [4.69, 9.17) is 9.47 Å². The number of benzene rings is 2. The summed E-state index contributed by atoms with van der Waals surface area (Å²) in [4.78, 5) is 23.8. The molecule has 8 heteroatoms. The third-order valence-electron chi connectivity index (χ3n) is 4.91. The van der Waals surface area contributed by atoms with Crippen molar-refractivity contribution in [3.05, 3.63) is 59.7 Å². The number of carbonyl (C=O) groups is 2. The van der Waals surface area contributed by atoms with Crippen LogP contribution in [0.15, 0.2) is 58.7 Å². The first-order valence-corrected chi connectivity index (χ1v) is 12.2. The maximum absolute atomic E-state index is 11.9. The Labute approximate surface area is 207 Å². The molecule has 0 aliphatic rings. The highest BCUT2D eigenvalue weighted by atomic mass is 16.5. The van der Waals surface area contributed by atoms with Gasteiger partial charge in [-0.15, -0.1) is 0 Å². The summed E-state index contributed by atoms with van der Waals surface area (Å²) in [6, 6.07) is 15.0. The predicted octanol–water partition coefficient (Wildman–Crippen LogP) is 4.82. The lowest BCUT2D eigenvalue weighted by molar-refractivity contribution is -0.122. The number of nitrogens with one attached hydrogen (secondary N) is 2. The van der Waals surface area contributed by atoms with Crippen LogP contribution in [0.5, 0.6) is 11.5 Å². The first kappa shape index (κ1) is 27.6. The largest absolute Gasteiger partial charge is 0.494 e. The van der Waals surface area contributed by atoms with Gasteiger partial charge in [0.25, 0.3) is 0 Å². The molecule has 0 bridgehead atoms. The smallest absolute Gasteiger partial charge is 0.240 e. The number of carbonyl (C=O) groups excluding carboxylic acids is 2. The van der Waals surface area contributed by atoms with E-state index in [1.54, 1.807) is 12.4 Å². The molecule has 0 aliphatic heterocycles. The summed E-state index contributed by atoms with van der Waals surface area (Å²) in [5, 5.41) is 7.91. The molecule has 2 aromatic rings. The Bertz CT molecular complexity index is 863. The first-order valence-electron chi connectivity index (χ1n) is 12.2. The number of hydrogen-bond acceptors (Lipinski definition) is 6. The monoisotopic (exact) mass is 480 g/mol. The fourth-order valence-corrected chi connectivity index (χ4v) is 2.85. The molecule has 8 nitrogen and oxygen atoms in total. The second-order valence-corrected chi connectivity index (χ2v) is 7.98. The number of hydrogen-bond donors (Lipinski definition) is 2. The standard InChI is InChI=1S/C27H36N4O4/c1-3-5-18-34-24-14-10-22(11-15-24)20-28-30-26(32)8-7-9-27(33)31-29-21-23-12-16-25(17-13-23)35-19-6-4-2/h10-17,20-21H,3-9,18-19H2,1-2H3,(H,30,32)(H,31,33)/b28-20-,29-21-. The quantitative estimate of drug-likeness (QED) is 0.204. The van der Waals surface area contributed by atoms with Crippen LogP contribution in [-0.2, 0) is 9.59 Å². The van der Waals surface area contributed by atoms with Crippen molar-refractivity contribution in [3.8, 4) is 11.5 Å². The van der Waals surface area contributed by atoms with Crippen molar-refractivity contribution in [2.75, 3.05) is 13.2 Å². The molecule has 0 spiro atoms. The van der Waals surface area contributed by atoms with Crippen LogP contribution in [0.2, 0.25) is 0 Å². The van der Waals surface area contributed by atoms with Gasteiger partial charge in [0, 0.05) is 12.8 Å². The molecule has 0 radical (unpaired) electrons. The van der Waals surface area contributed by atoms with Crippen molar-refractivity contribution in [3.63, 3.8) is 0 Å².